The van der Waals surface area contributed by atoms with Crippen LogP contribution in [-0.2, 0) is 0 Å². The predicted octanol–water partition coefficient (Wildman–Crippen LogP) is 5.09. The molecule has 2 heteroatoms. The second-order valence-corrected chi connectivity index (χ2v) is 4.86. The Morgan fingerprint density at radius 3 is 2.12 bits per heavy atom. The molecular weight excluding hydrogens is 226 g/mol. The van der Waals surface area contributed by atoms with Crippen molar-refractivity contribution in [1.82, 2.24) is 4.31 Å². The minimum atomic E-state index is 0.871. The van der Waals surface area contributed by atoms with E-state index in [0.29, 0.717) is 0 Å². The van der Waals surface area contributed by atoms with E-state index in [2.05, 4.69) is 41.6 Å². The Balaban J connectivity index is 0.000000581. The van der Waals surface area contributed by atoms with Crippen molar-refractivity contribution in [2.24, 2.45) is 5.92 Å². The third kappa shape index (κ3) is 6.75. The molecule has 2 rings (SSSR count). The lowest BCUT2D eigenvalue weighted by Gasteiger charge is -2.13. The molecule has 0 unspecified atom stereocenters. The quantitative estimate of drug-likeness (QED) is 0.676. The molecule has 1 aromatic rings. The van der Waals surface area contributed by atoms with E-state index in [1.165, 1.54) is 24.4 Å². The molecule has 1 aliphatic heterocycles. The summed E-state index contributed by atoms with van der Waals surface area (Å²) in [5.74, 6) is 0.871. The van der Waals surface area contributed by atoms with Crippen LogP contribution in [0.4, 0.5) is 0 Å². The van der Waals surface area contributed by atoms with Gasteiger partial charge in [-0.25, -0.2) is 4.31 Å². The third-order valence-electron chi connectivity index (χ3n) is 2.36. The highest BCUT2D eigenvalue weighted by Gasteiger charge is 2.18. The van der Waals surface area contributed by atoms with Crippen LogP contribution in [0.2, 0.25) is 0 Å². The molecule has 1 aromatic carbocycles. The van der Waals surface area contributed by atoms with E-state index < -0.39 is 0 Å². The summed E-state index contributed by atoms with van der Waals surface area (Å²) in [5.41, 5.74) is 0. The maximum absolute atomic E-state index is 2.46. The summed E-state index contributed by atoms with van der Waals surface area (Å²) in [5, 5.41) is 0. The molecule has 1 fully saturated rings. The second-order valence-electron chi connectivity index (χ2n) is 3.69. The smallest absolute Gasteiger partial charge is 0.0230 e. The van der Waals surface area contributed by atoms with Crippen LogP contribution in [0.25, 0.3) is 0 Å². The van der Waals surface area contributed by atoms with E-state index in [9.17, 15) is 0 Å². The minimum absolute atomic E-state index is 0.871. The Morgan fingerprint density at radius 1 is 1.06 bits per heavy atom. The van der Waals surface area contributed by atoms with Gasteiger partial charge in [0.1, 0.15) is 0 Å². The predicted molar refractivity (Wildman–Crippen MR) is 80.3 cm³/mol. The van der Waals surface area contributed by atoms with Gasteiger partial charge in [-0.3, -0.25) is 0 Å². The molecule has 17 heavy (non-hydrogen) atoms. The molecule has 0 amide bonds. The largest absolute Gasteiger partial charge is 0.246 e. The highest BCUT2D eigenvalue weighted by atomic mass is 32.2. The van der Waals surface area contributed by atoms with Gasteiger partial charge in [0.05, 0.1) is 0 Å². The Labute approximate surface area is 112 Å². The van der Waals surface area contributed by atoms with Crippen LogP contribution < -0.4 is 0 Å². The lowest BCUT2D eigenvalue weighted by Crippen LogP contribution is -2.10. The summed E-state index contributed by atoms with van der Waals surface area (Å²) in [4.78, 5) is 1.36. The van der Waals surface area contributed by atoms with Crippen LogP contribution in [0.15, 0.2) is 35.2 Å². The number of nitrogens with zero attached hydrogens (tertiary/aromatic N) is 1. The van der Waals surface area contributed by atoms with Crippen molar-refractivity contribution in [2.45, 2.75) is 45.9 Å². The van der Waals surface area contributed by atoms with Crippen molar-refractivity contribution in [3.05, 3.63) is 30.3 Å². The van der Waals surface area contributed by atoms with Crippen molar-refractivity contribution in [2.75, 3.05) is 13.1 Å². The van der Waals surface area contributed by atoms with Crippen molar-refractivity contribution >= 4 is 11.9 Å². The van der Waals surface area contributed by atoms with E-state index in [0.717, 1.165) is 5.92 Å². The number of hydrogen-bond acceptors (Lipinski definition) is 2. The summed E-state index contributed by atoms with van der Waals surface area (Å²) in [6.07, 6.45) is 1.35. The third-order valence-corrected chi connectivity index (χ3v) is 3.44. The second kappa shape index (κ2) is 10.7. The zero-order valence-electron chi connectivity index (χ0n) is 11.9. The van der Waals surface area contributed by atoms with Gasteiger partial charge in [-0.15, -0.1) is 0 Å². The lowest BCUT2D eigenvalue weighted by atomic mass is 10.2. The van der Waals surface area contributed by atoms with Gasteiger partial charge in [0.25, 0.3) is 0 Å². The minimum Gasteiger partial charge on any atom is -0.246 e. The SMILES string of the molecule is CC.CC.C[C@H]1CCN(Sc2ccccc2)C1. The molecule has 0 spiro atoms. The molecule has 0 N–H and O–H groups in total. The van der Waals surface area contributed by atoms with E-state index in [-0.39, 0.29) is 0 Å². The molecule has 1 aliphatic rings. The number of rotatable bonds is 2. The van der Waals surface area contributed by atoms with E-state index in [1.807, 2.05) is 39.6 Å². The summed E-state index contributed by atoms with van der Waals surface area (Å²) < 4.78 is 2.46. The van der Waals surface area contributed by atoms with Gasteiger partial charge >= 0.3 is 0 Å². The highest BCUT2D eigenvalue weighted by Crippen LogP contribution is 2.28. The first-order valence-electron chi connectivity index (χ1n) is 6.82. The molecule has 0 bridgehead atoms. The normalized spacial score (nSPS) is 18.8. The molecule has 0 radical (unpaired) electrons. The van der Waals surface area contributed by atoms with Gasteiger partial charge in [-0.05, 0) is 36.4 Å². The highest BCUT2D eigenvalue weighted by molar-refractivity contribution is 7.97. The van der Waals surface area contributed by atoms with Crippen LogP contribution in [0, 0.1) is 5.92 Å². The van der Waals surface area contributed by atoms with Crippen molar-refractivity contribution < 1.29 is 0 Å². The van der Waals surface area contributed by atoms with Crippen LogP contribution >= 0.6 is 11.9 Å². The fourth-order valence-corrected chi connectivity index (χ4v) is 2.71. The molecule has 1 saturated heterocycles. The summed E-state index contributed by atoms with van der Waals surface area (Å²) >= 11 is 1.89. The van der Waals surface area contributed by atoms with Crippen LogP contribution in [0.5, 0.6) is 0 Å². The van der Waals surface area contributed by atoms with Gasteiger partial charge in [-0.1, -0.05) is 52.8 Å². The molecule has 0 saturated carbocycles. The first-order valence-corrected chi connectivity index (χ1v) is 7.60. The van der Waals surface area contributed by atoms with Gasteiger partial charge in [0.15, 0.2) is 0 Å². The first kappa shape index (κ1) is 16.5. The van der Waals surface area contributed by atoms with Gasteiger partial charge in [0, 0.05) is 18.0 Å². The molecule has 0 aromatic heterocycles. The lowest BCUT2D eigenvalue weighted by molar-refractivity contribution is 0.549. The van der Waals surface area contributed by atoms with Gasteiger partial charge in [-0.2, -0.15) is 0 Å². The van der Waals surface area contributed by atoms with Crippen molar-refractivity contribution in [3.63, 3.8) is 0 Å². The number of benzene rings is 1. The molecule has 1 atom stereocenters. The maximum Gasteiger partial charge on any atom is 0.0230 e. The fourth-order valence-electron chi connectivity index (χ4n) is 1.61. The van der Waals surface area contributed by atoms with Gasteiger partial charge < -0.3 is 0 Å². The van der Waals surface area contributed by atoms with Gasteiger partial charge in [0.2, 0.25) is 0 Å². The summed E-state index contributed by atoms with van der Waals surface area (Å²) in [6.45, 7) is 12.8. The Morgan fingerprint density at radius 2 is 1.65 bits per heavy atom. The fraction of sp³-hybridized carbons (Fsp3) is 0.600. The molecule has 0 aliphatic carbocycles. The van der Waals surface area contributed by atoms with E-state index in [1.54, 1.807) is 0 Å². The maximum atomic E-state index is 2.46. The molecule has 1 heterocycles. The standard InChI is InChI=1S/C11H15NS.2C2H6/c1-10-7-8-12(9-10)13-11-5-3-2-4-6-11;2*1-2/h2-6,10H,7-9H2,1H3;2*1-2H3/t10-;;/m0../s1. The van der Waals surface area contributed by atoms with E-state index in [4.69, 9.17) is 0 Å². The molecule has 1 nitrogen and oxygen atoms in total. The average Bonchev–Trinajstić information content (AvgIpc) is 2.81. The zero-order valence-corrected chi connectivity index (χ0v) is 12.8. The van der Waals surface area contributed by atoms with Crippen molar-refractivity contribution in [1.29, 1.82) is 0 Å². The van der Waals surface area contributed by atoms with E-state index >= 15 is 0 Å². The first-order chi connectivity index (χ1) is 8.34. The van der Waals surface area contributed by atoms with Crippen LogP contribution in [0.3, 0.4) is 0 Å². The Hall–Kier alpha value is -0.470. The van der Waals surface area contributed by atoms with Crippen molar-refractivity contribution in [3.8, 4) is 0 Å². The zero-order chi connectivity index (χ0) is 13.1. The monoisotopic (exact) mass is 253 g/mol. The topological polar surface area (TPSA) is 3.24 Å². The number of hydrogen-bond donors (Lipinski definition) is 0. The summed E-state index contributed by atoms with van der Waals surface area (Å²) in [7, 11) is 0. The molecular formula is C15H27NS. The summed E-state index contributed by atoms with van der Waals surface area (Å²) in [6, 6.07) is 10.6. The average molecular weight is 253 g/mol. The Bertz CT molecular complexity index is 261. The van der Waals surface area contributed by atoms with Crippen LogP contribution in [-0.4, -0.2) is 17.4 Å². The van der Waals surface area contributed by atoms with Crippen LogP contribution in [0.1, 0.15) is 41.0 Å². The Kier molecular flexibility index (Phi) is 10.4. The molecule has 98 valence electrons.